The van der Waals surface area contributed by atoms with Gasteiger partial charge in [0.2, 0.25) is 0 Å². The predicted molar refractivity (Wildman–Crippen MR) is 92.6 cm³/mol. The third-order valence-corrected chi connectivity index (χ3v) is 6.35. The van der Waals surface area contributed by atoms with Crippen molar-refractivity contribution in [2.24, 2.45) is 7.05 Å². The second kappa shape index (κ2) is 6.62. The lowest BCUT2D eigenvalue weighted by Crippen LogP contribution is -2.45. The molecule has 0 bridgehead atoms. The van der Waals surface area contributed by atoms with Gasteiger partial charge in [0.05, 0.1) is 23.9 Å². The Morgan fingerprint density at radius 3 is 2.75 bits per heavy atom. The molecule has 1 fully saturated rings. The number of aromatic nitrogens is 3. The highest BCUT2D eigenvalue weighted by Crippen LogP contribution is 2.29. The van der Waals surface area contributed by atoms with Crippen molar-refractivity contribution in [3.8, 4) is 11.4 Å². The third-order valence-electron chi connectivity index (χ3n) is 4.44. The molecular formula is C16H23N5O2S. The van der Waals surface area contributed by atoms with Crippen LogP contribution in [-0.2, 0) is 17.3 Å². The first kappa shape index (κ1) is 17.1. The minimum Gasteiger partial charge on any atom is -0.332 e. The Morgan fingerprint density at radius 1 is 1.29 bits per heavy atom. The number of nitrogens with zero attached hydrogens (tertiary/aromatic N) is 5. The molecule has 0 aromatic carbocycles. The van der Waals surface area contributed by atoms with E-state index in [1.54, 1.807) is 30.9 Å². The molecule has 1 unspecified atom stereocenters. The monoisotopic (exact) mass is 349 g/mol. The van der Waals surface area contributed by atoms with Crippen LogP contribution in [0.1, 0.15) is 24.5 Å². The summed E-state index contributed by atoms with van der Waals surface area (Å²) < 4.78 is 29.5. The number of piperidine rings is 1. The molecule has 0 radical (unpaired) electrons. The van der Waals surface area contributed by atoms with Crippen molar-refractivity contribution in [2.45, 2.75) is 18.8 Å². The summed E-state index contributed by atoms with van der Waals surface area (Å²) in [6.07, 6.45) is 5.32. The van der Waals surface area contributed by atoms with Gasteiger partial charge < -0.3 is 4.57 Å². The molecular weight excluding hydrogens is 326 g/mol. The lowest BCUT2D eigenvalue weighted by Gasteiger charge is -2.33. The summed E-state index contributed by atoms with van der Waals surface area (Å²) >= 11 is 0. The summed E-state index contributed by atoms with van der Waals surface area (Å²) in [6.45, 7) is 1.04. The van der Waals surface area contributed by atoms with E-state index in [1.807, 2.05) is 29.8 Å². The molecule has 0 aliphatic carbocycles. The predicted octanol–water partition coefficient (Wildman–Crippen LogP) is 1.47. The van der Waals surface area contributed by atoms with Gasteiger partial charge in [-0.2, -0.15) is 17.0 Å². The van der Waals surface area contributed by atoms with Gasteiger partial charge in [-0.25, -0.2) is 4.98 Å². The molecule has 1 saturated heterocycles. The Hall–Kier alpha value is -1.77. The molecule has 1 aliphatic rings. The van der Waals surface area contributed by atoms with Crippen LogP contribution in [0.5, 0.6) is 0 Å². The van der Waals surface area contributed by atoms with E-state index in [0.717, 1.165) is 29.9 Å². The van der Waals surface area contributed by atoms with Crippen LogP contribution in [0, 0.1) is 0 Å². The summed E-state index contributed by atoms with van der Waals surface area (Å²) in [5.41, 5.74) is 2.75. The second-order valence-corrected chi connectivity index (χ2v) is 8.47. The van der Waals surface area contributed by atoms with E-state index < -0.39 is 10.2 Å². The first-order valence-corrected chi connectivity index (χ1v) is 9.40. The molecule has 2 aromatic heterocycles. The molecule has 0 saturated carbocycles. The van der Waals surface area contributed by atoms with Crippen molar-refractivity contribution in [1.82, 2.24) is 23.1 Å². The zero-order chi connectivity index (χ0) is 17.3. The van der Waals surface area contributed by atoms with E-state index >= 15 is 0 Å². The highest BCUT2D eigenvalue weighted by molar-refractivity contribution is 7.86. The molecule has 0 N–H and O–H groups in total. The molecule has 2 aromatic rings. The maximum absolute atomic E-state index is 12.4. The fourth-order valence-electron chi connectivity index (χ4n) is 3.05. The van der Waals surface area contributed by atoms with Crippen LogP contribution < -0.4 is 0 Å². The quantitative estimate of drug-likeness (QED) is 0.838. The molecule has 7 nitrogen and oxygen atoms in total. The van der Waals surface area contributed by atoms with Crippen LogP contribution in [0.15, 0.2) is 30.7 Å². The Kier molecular flexibility index (Phi) is 4.71. The number of pyridine rings is 1. The summed E-state index contributed by atoms with van der Waals surface area (Å²) in [7, 11) is 1.70. The van der Waals surface area contributed by atoms with E-state index in [0.29, 0.717) is 13.1 Å². The van der Waals surface area contributed by atoms with Crippen molar-refractivity contribution in [1.29, 1.82) is 0 Å². The Labute approximate surface area is 143 Å². The molecule has 0 spiro atoms. The van der Waals surface area contributed by atoms with E-state index in [1.165, 1.54) is 4.31 Å². The number of hydrogen-bond donors (Lipinski definition) is 0. The molecule has 130 valence electrons. The normalized spacial score (nSPS) is 19.8. The van der Waals surface area contributed by atoms with Gasteiger partial charge >= 0.3 is 0 Å². The first-order valence-electron chi connectivity index (χ1n) is 8.01. The number of aryl methyl sites for hydroxylation is 1. The average Bonchev–Trinajstić information content (AvgIpc) is 3.01. The van der Waals surface area contributed by atoms with Gasteiger partial charge in [-0.1, -0.05) is 6.07 Å². The topological polar surface area (TPSA) is 71.3 Å². The zero-order valence-corrected chi connectivity index (χ0v) is 15.1. The van der Waals surface area contributed by atoms with Crippen molar-refractivity contribution in [2.75, 3.05) is 27.2 Å². The molecule has 3 rings (SSSR count). The highest BCUT2D eigenvalue weighted by Gasteiger charge is 2.31. The maximum atomic E-state index is 12.4. The standard InChI is InChI=1S/C16H23N5O2S/c1-19(2)24(22,23)21-9-5-6-13(11-21)14-7-4-8-15(18-14)16-10-17-12-20(16)3/h4,7-8,10,12-13H,5-6,9,11H2,1-3H3. The largest absolute Gasteiger partial charge is 0.332 e. The highest BCUT2D eigenvalue weighted by atomic mass is 32.2. The number of rotatable bonds is 4. The fraction of sp³-hybridized carbons (Fsp3) is 0.500. The Bertz CT molecular complexity index is 815. The van der Waals surface area contributed by atoms with Crippen molar-refractivity contribution in [3.63, 3.8) is 0 Å². The molecule has 24 heavy (non-hydrogen) atoms. The van der Waals surface area contributed by atoms with E-state index in [-0.39, 0.29) is 5.92 Å². The van der Waals surface area contributed by atoms with Gasteiger partial charge in [-0.05, 0) is 25.0 Å². The minimum absolute atomic E-state index is 0.113. The Balaban J connectivity index is 1.86. The van der Waals surface area contributed by atoms with Gasteiger partial charge in [0.15, 0.2) is 0 Å². The van der Waals surface area contributed by atoms with Gasteiger partial charge in [0.1, 0.15) is 0 Å². The Morgan fingerprint density at radius 2 is 2.08 bits per heavy atom. The second-order valence-electron chi connectivity index (χ2n) is 6.32. The molecule has 3 heterocycles. The molecule has 8 heteroatoms. The number of hydrogen-bond acceptors (Lipinski definition) is 4. The van der Waals surface area contributed by atoms with Gasteiger partial charge in [-0.3, -0.25) is 4.98 Å². The van der Waals surface area contributed by atoms with Gasteiger partial charge in [-0.15, -0.1) is 0 Å². The molecule has 0 amide bonds. The smallest absolute Gasteiger partial charge is 0.281 e. The first-order chi connectivity index (χ1) is 11.4. The fourth-order valence-corrected chi connectivity index (χ4v) is 4.24. The zero-order valence-electron chi connectivity index (χ0n) is 14.3. The summed E-state index contributed by atoms with van der Waals surface area (Å²) in [6, 6.07) is 5.91. The van der Waals surface area contributed by atoms with Crippen LogP contribution >= 0.6 is 0 Å². The molecule has 1 atom stereocenters. The minimum atomic E-state index is -3.38. The van der Waals surface area contributed by atoms with Crippen molar-refractivity contribution >= 4 is 10.2 Å². The van der Waals surface area contributed by atoms with Crippen LogP contribution in [-0.4, -0.2) is 58.7 Å². The maximum Gasteiger partial charge on any atom is 0.281 e. The van der Waals surface area contributed by atoms with Gasteiger partial charge in [0, 0.05) is 45.8 Å². The van der Waals surface area contributed by atoms with E-state index in [9.17, 15) is 8.42 Å². The lowest BCUT2D eigenvalue weighted by atomic mass is 9.95. The van der Waals surface area contributed by atoms with Crippen molar-refractivity contribution in [3.05, 3.63) is 36.4 Å². The van der Waals surface area contributed by atoms with E-state index in [4.69, 9.17) is 4.98 Å². The average molecular weight is 349 g/mol. The van der Waals surface area contributed by atoms with E-state index in [2.05, 4.69) is 4.98 Å². The van der Waals surface area contributed by atoms with Gasteiger partial charge in [0.25, 0.3) is 10.2 Å². The number of imidazole rings is 1. The molecule has 1 aliphatic heterocycles. The summed E-state index contributed by atoms with van der Waals surface area (Å²) in [5, 5.41) is 0. The summed E-state index contributed by atoms with van der Waals surface area (Å²) in [5.74, 6) is 0.113. The van der Waals surface area contributed by atoms with Crippen LogP contribution in [0.2, 0.25) is 0 Å². The van der Waals surface area contributed by atoms with Crippen molar-refractivity contribution < 1.29 is 8.42 Å². The van der Waals surface area contributed by atoms with Crippen LogP contribution in [0.4, 0.5) is 0 Å². The third kappa shape index (κ3) is 3.22. The SMILES string of the molecule is CN(C)S(=O)(=O)N1CCCC(c2cccc(-c3cncn3C)n2)C1. The van der Waals surface area contributed by atoms with Crippen LogP contribution in [0.25, 0.3) is 11.4 Å². The summed E-state index contributed by atoms with van der Waals surface area (Å²) in [4.78, 5) is 8.90. The van der Waals surface area contributed by atoms with Crippen LogP contribution in [0.3, 0.4) is 0 Å². The lowest BCUT2D eigenvalue weighted by molar-refractivity contribution is 0.296.